The van der Waals surface area contributed by atoms with Crippen LogP contribution in [0.5, 0.6) is 0 Å². The SMILES string of the molecule is Cc1nc(NC(=O)CCc2nc3sc4c(c3c(=O)[nH]2)CCC(C)C4)sc1SCC(N)=O. The summed E-state index contributed by atoms with van der Waals surface area (Å²) in [5, 5.41) is 3.98. The molecule has 1 unspecified atom stereocenters. The van der Waals surface area contributed by atoms with Gasteiger partial charge in [0.2, 0.25) is 11.8 Å². The molecule has 0 bridgehead atoms. The van der Waals surface area contributed by atoms with E-state index in [0.29, 0.717) is 23.3 Å². The molecule has 1 atom stereocenters. The van der Waals surface area contributed by atoms with E-state index in [4.69, 9.17) is 5.73 Å². The molecule has 164 valence electrons. The van der Waals surface area contributed by atoms with Crippen LogP contribution in [0.25, 0.3) is 10.2 Å². The van der Waals surface area contributed by atoms with Crippen LogP contribution in [0.1, 0.15) is 41.7 Å². The molecule has 11 heteroatoms. The molecule has 0 radical (unpaired) electrons. The number of nitrogens with one attached hydrogen (secondary N) is 2. The van der Waals surface area contributed by atoms with Crippen molar-refractivity contribution < 1.29 is 9.59 Å². The van der Waals surface area contributed by atoms with Crippen molar-refractivity contribution in [2.75, 3.05) is 11.1 Å². The summed E-state index contributed by atoms with van der Waals surface area (Å²) in [7, 11) is 0. The Kier molecular flexibility index (Phi) is 6.44. The number of hydrogen-bond acceptors (Lipinski definition) is 8. The molecule has 0 aromatic carbocycles. The first kappa shape index (κ1) is 22.0. The topological polar surface area (TPSA) is 131 Å². The van der Waals surface area contributed by atoms with Gasteiger partial charge in [-0.2, -0.15) is 0 Å². The fourth-order valence-electron chi connectivity index (χ4n) is 3.63. The summed E-state index contributed by atoms with van der Waals surface area (Å²) in [5.41, 5.74) is 6.97. The van der Waals surface area contributed by atoms with Gasteiger partial charge in [-0.25, -0.2) is 9.97 Å². The molecular formula is C20H23N5O3S3. The third-order valence-electron chi connectivity index (χ3n) is 5.15. The Bertz CT molecular complexity index is 1210. The summed E-state index contributed by atoms with van der Waals surface area (Å²) in [6.45, 7) is 4.05. The smallest absolute Gasteiger partial charge is 0.259 e. The number of thioether (sulfide) groups is 1. The van der Waals surface area contributed by atoms with Crippen LogP contribution in [-0.2, 0) is 28.9 Å². The van der Waals surface area contributed by atoms with Crippen LogP contribution in [-0.4, -0.2) is 32.5 Å². The summed E-state index contributed by atoms with van der Waals surface area (Å²) in [5.74, 6) is 0.715. The van der Waals surface area contributed by atoms with Crippen LogP contribution in [0.3, 0.4) is 0 Å². The Morgan fingerprint density at radius 1 is 1.32 bits per heavy atom. The normalized spacial score (nSPS) is 15.7. The van der Waals surface area contributed by atoms with Crippen LogP contribution < -0.4 is 16.6 Å². The summed E-state index contributed by atoms with van der Waals surface area (Å²) < 4.78 is 0.849. The Hall–Kier alpha value is -2.24. The third kappa shape index (κ3) is 4.99. The lowest BCUT2D eigenvalue weighted by Gasteiger charge is -2.17. The lowest BCUT2D eigenvalue weighted by atomic mass is 9.89. The number of carbonyl (C=O) groups is 2. The van der Waals surface area contributed by atoms with Gasteiger partial charge in [0, 0.05) is 17.7 Å². The average Bonchev–Trinajstić information content (AvgIpc) is 3.23. The Morgan fingerprint density at radius 2 is 2.13 bits per heavy atom. The van der Waals surface area contributed by atoms with Crippen LogP contribution >= 0.6 is 34.4 Å². The number of amides is 2. The number of nitrogens with zero attached hydrogens (tertiary/aromatic N) is 2. The lowest BCUT2D eigenvalue weighted by Crippen LogP contribution is -2.17. The molecule has 3 heterocycles. The standard InChI is InChI=1S/C20H23N5O3S3/c1-9-3-4-11-12(7-9)30-18-16(11)17(28)23-14(24-18)5-6-15(27)25-20-22-10(2)19(31-20)29-8-13(21)26/h9H,3-8H2,1-2H3,(H2,21,26)(H,22,25,27)(H,23,24,28). The number of H-pyrrole nitrogens is 1. The molecule has 4 rings (SSSR count). The van der Waals surface area contributed by atoms with E-state index in [2.05, 4.69) is 27.2 Å². The summed E-state index contributed by atoms with van der Waals surface area (Å²) in [6, 6.07) is 0. The van der Waals surface area contributed by atoms with Gasteiger partial charge < -0.3 is 16.0 Å². The monoisotopic (exact) mass is 477 g/mol. The molecule has 0 saturated carbocycles. The molecule has 0 spiro atoms. The first-order valence-electron chi connectivity index (χ1n) is 10.0. The zero-order valence-corrected chi connectivity index (χ0v) is 19.7. The predicted octanol–water partition coefficient (Wildman–Crippen LogP) is 3.02. The fourth-order valence-corrected chi connectivity index (χ4v) is 6.93. The van der Waals surface area contributed by atoms with Crippen LogP contribution in [0.2, 0.25) is 0 Å². The molecule has 0 fully saturated rings. The molecule has 0 saturated heterocycles. The van der Waals surface area contributed by atoms with E-state index in [0.717, 1.165) is 44.9 Å². The van der Waals surface area contributed by atoms with Crippen molar-refractivity contribution in [3.8, 4) is 0 Å². The van der Waals surface area contributed by atoms with Crippen molar-refractivity contribution >= 4 is 61.6 Å². The number of hydrogen-bond donors (Lipinski definition) is 3. The van der Waals surface area contributed by atoms with Gasteiger partial charge in [-0.05, 0) is 37.7 Å². The number of fused-ring (bicyclic) bond motifs is 3. The molecule has 2 amide bonds. The Morgan fingerprint density at radius 3 is 2.90 bits per heavy atom. The zero-order valence-electron chi connectivity index (χ0n) is 17.2. The first-order chi connectivity index (χ1) is 14.8. The van der Waals surface area contributed by atoms with E-state index in [1.807, 2.05) is 6.92 Å². The minimum absolute atomic E-state index is 0.112. The van der Waals surface area contributed by atoms with Gasteiger partial charge in [0.05, 0.1) is 21.0 Å². The minimum Gasteiger partial charge on any atom is -0.369 e. The number of aromatic amines is 1. The highest BCUT2D eigenvalue weighted by molar-refractivity contribution is 8.01. The van der Waals surface area contributed by atoms with Gasteiger partial charge in [0.15, 0.2) is 5.13 Å². The molecule has 31 heavy (non-hydrogen) atoms. The van der Waals surface area contributed by atoms with E-state index >= 15 is 0 Å². The molecule has 8 nitrogen and oxygen atoms in total. The van der Waals surface area contributed by atoms with Gasteiger partial charge in [-0.15, -0.1) is 23.1 Å². The number of thiophene rings is 1. The summed E-state index contributed by atoms with van der Waals surface area (Å²) >= 11 is 4.22. The quantitative estimate of drug-likeness (QED) is 0.448. The van der Waals surface area contributed by atoms with Gasteiger partial charge in [-0.1, -0.05) is 18.3 Å². The summed E-state index contributed by atoms with van der Waals surface area (Å²) in [6.07, 6.45) is 3.54. The van der Waals surface area contributed by atoms with Crippen molar-refractivity contribution in [1.82, 2.24) is 15.0 Å². The molecule has 1 aliphatic carbocycles. The first-order valence-corrected chi connectivity index (χ1v) is 12.6. The van der Waals surface area contributed by atoms with Crippen molar-refractivity contribution in [3.63, 3.8) is 0 Å². The maximum atomic E-state index is 12.7. The van der Waals surface area contributed by atoms with E-state index in [1.165, 1.54) is 28.0 Å². The zero-order chi connectivity index (χ0) is 22.1. The van der Waals surface area contributed by atoms with Crippen LogP contribution in [0.15, 0.2) is 9.00 Å². The fraction of sp³-hybridized carbons (Fsp3) is 0.450. The number of anilines is 1. The largest absolute Gasteiger partial charge is 0.369 e. The van der Waals surface area contributed by atoms with Crippen LogP contribution in [0, 0.1) is 12.8 Å². The Labute approximate surface area is 191 Å². The average molecular weight is 478 g/mol. The number of carbonyl (C=O) groups excluding carboxylic acids is 2. The second-order valence-electron chi connectivity index (χ2n) is 7.74. The molecule has 0 aliphatic heterocycles. The molecular weight excluding hydrogens is 454 g/mol. The number of primary amides is 1. The van der Waals surface area contributed by atoms with Gasteiger partial charge in [-0.3, -0.25) is 14.4 Å². The van der Waals surface area contributed by atoms with Crippen molar-refractivity contribution in [2.45, 2.75) is 50.2 Å². The number of aryl methyl sites for hydroxylation is 3. The lowest BCUT2D eigenvalue weighted by molar-refractivity contribution is -0.116. The highest BCUT2D eigenvalue weighted by atomic mass is 32.2. The highest BCUT2D eigenvalue weighted by Gasteiger charge is 2.23. The summed E-state index contributed by atoms with van der Waals surface area (Å²) in [4.78, 5) is 49.8. The van der Waals surface area contributed by atoms with Gasteiger partial charge in [0.25, 0.3) is 5.56 Å². The number of aromatic nitrogens is 3. The van der Waals surface area contributed by atoms with Crippen molar-refractivity contribution in [3.05, 3.63) is 32.3 Å². The number of thiazole rings is 1. The molecule has 1 aliphatic rings. The maximum absolute atomic E-state index is 12.7. The molecule has 3 aromatic rings. The minimum atomic E-state index is -0.400. The van der Waals surface area contributed by atoms with Gasteiger partial charge >= 0.3 is 0 Å². The van der Waals surface area contributed by atoms with Gasteiger partial charge in [0.1, 0.15) is 10.7 Å². The van der Waals surface area contributed by atoms with E-state index < -0.39 is 5.91 Å². The van der Waals surface area contributed by atoms with Crippen LogP contribution in [0.4, 0.5) is 5.13 Å². The van der Waals surface area contributed by atoms with Crippen molar-refractivity contribution in [2.24, 2.45) is 11.7 Å². The number of nitrogens with two attached hydrogens (primary N) is 1. The van der Waals surface area contributed by atoms with Crippen molar-refractivity contribution in [1.29, 1.82) is 0 Å². The molecule has 3 aromatic heterocycles. The Balaban J connectivity index is 1.41. The van der Waals surface area contributed by atoms with E-state index in [1.54, 1.807) is 11.3 Å². The second kappa shape index (κ2) is 9.09. The molecule has 4 N–H and O–H groups in total. The van der Waals surface area contributed by atoms with E-state index in [-0.39, 0.29) is 23.6 Å². The second-order valence-corrected chi connectivity index (χ2v) is 11.1. The maximum Gasteiger partial charge on any atom is 0.259 e. The third-order valence-corrected chi connectivity index (χ3v) is 8.75. The number of rotatable bonds is 7. The van der Waals surface area contributed by atoms with E-state index in [9.17, 15) is 14.4 Å². The predicted molar refractivity (Wildman–Crippen MR) is 125 cm³/mol. The highest BCUT2D eigenvalue weighted by Crippen LogP contribution is 2.35.